The van der Waals surface area contributed by atoms with Gasteiger partial charge in [0.25, 0.3) is 5.89 Å². The van der Waals surface area contributed by atoms with E-state index in [1.54, 1.807) is 13.1 Å². The number of morpholine rings is 1. The summed E-state index contributed by atoms with van der Waals surface area (Å²) in [4.78, 5) is 10.7. The Morgan fingerprint density at radius 3 is 3.00 bits per heavy atom. The van der Waals surface area contributed by atoms with Gasteiger partial charge >= 0.3 is 0 Å². The molecule has 7 heteroatoms. The first-order valence-corrected chi connectivity index (χ1v) is 6.99. The van der Waals surface area contributed by atoms with Gasteiger partial charge in [-0.05, 0) is 19.9 Å². The summed E-state index contributed by atoms with van der Waals surface area (Å²) >= 11 is 0. The Bertz CT molecular complexity index is 615. The molecule has 0 aromatic carbocycles. The molecule has 2 aromatic heterocycles. The lowest BCUT2D eigenvalue weighted by molar-refractivity contribution is -0.0930. The molecule has 1 aliphatic heterocycles. The van der Waals surface area contributed by atoms with E-state index in [0.717, 1.165) is 18.7 Å². The van der Waals surface area contributed by atoms with Crippen LogP contribution in [0.15, 0.2) is 22.9 Å². The summed E-state index contributed by atoms with van der Waals surface area (Å²) in [6, 6.07) is 3.89. The minimum Gasteiger partial charge on any atom is -0.383 e. The van der Waals surface area contributed by atoms with Crippen molar-refractivity contribution >= 4 is 5.82 Å². The Hall–Kier alpha value is -1.99. The first-order chi connectivity index (χ1) is 10.1. The Kier molecular flexibility index (Phi) is 3.85. The van der Waals surface area contributed by atoms with Crippen LogP contribution in [0.1, 0.15) is 30.3 Å². The van der Waals surface area contributed by atoms with Gasteiger partial charge < -0.3 is 15.0 Å². The zero-order chi connectivity index (χ0) is 14.8. The van der Waals surface area contributed by atoms with E-state index in [9.17, 15) is 0 Å². The first-order valence-electron chi connectivity index (χ1n) is 6.99. The van der Waals surface area contributed by atoms with Gasteiger partial charge in [-0.2, -0.15) is 4.98 Å². The van der Waals surface area contributed by atoms with Crippen LogP contribution in [0.25, 0.3) is 0 Å². The van der Waals surface area contributed by atoms with Crippen LogP contribution in [0.5, 0.6) is 0 Å². The number of nitrogens with zero attached hydrogens (tertiary/aromatic N) is 4. The number of aromatic nitrogens is 3. The molecule has 1 saturated heterocycles. The van der Waals surface area contributed by atoms with Crippen molar-refractivity contribution in [2.24, 2.45) is 0 Å². The van der Waals surface area contributed by atoms with Gasteiger partial charge in [-0.3, -0.25) is 4.90 Å². The second-order valence-corrected chi connectivity index (χ2v) is 5.36. The molecule has 2 atom stereocenters. The summed E-state index contributed by atoms with van der Waals surface area (Å²) in [5.74, 6) is 1.72. The van der Waals surface area contributed by atoms with E-state index < -0.39 is 0 Å². The van der Waals surface area contributed by atoms with Gasteiger partial charge in [0, 0.05) is 31.4 Å². The van der Waals surface area contributed by atoms with Gasteiger partial charge in [-0.15, -0.1) is 0 Å². The highest BCUT2D eigenvalue weighted by Gasteiger charge is 2.30. The SMILES string of the molecule is Cc1noc([C@H]2CN(Cc3cccnc3N)C[C@@H](C)O2)n1. The zero-order valence-electron chi connectivity index (χ0n) is 12.2. The van der Waals surface area contributed by atoms with Crippen molar-refractivity contribution in [1.29, 1.82) is 0 Å². The first kappa shape index (κ1) is 14.0. The largest absolute Gasteiger partial charge is 0.383 e. The maximum Gasteiger partial charge on any atom is 0.257 e. The lowest BCUT2D eigenvalue weighted by Gasteiger charge is -2.35. The third-order valence-corrected chi connectivity index (χ3v) is 3.47. The summed E-state index contributed by atoms with van der Waals surface area (Å²) in [6.45, 7) is 6.09. The van der Waals surface area contributed by atoms with Crippen molar-refractivity contribution < 1.29 is 9.26 Å². The molecule has 3 heterocycles. The lowest BCUT2D eigenvalue weighted by atomic mass is 10.1. The zero-order valence-corrected chi connectivity index (χ0v) is 12.2. The Balaban J connectivity index is 1.73. The summed E-state index contributed by atoms with van der Waals surface area (Å²) in [5.41, 5.74) is 6.93. The van der Waals surface area contributed by atoms with Crippen molar-refractivity contribution in [1.82, 2.24) is 20.0 Å². The number of hydrogen-bond acceptors (Lipinski definition) is 7. The molecule has 2 N–H and O–H groups in total. The predicted molar refractivity (Wildman–Crippen MR) is 76.2 cm³/mol. The normalized spacial score (nSPS) is 23.3. The number of anilines is 1. The fourth-order valence-corrected chi connectivity index (χ4v) is 2.57. The Morgan fingerprint density at radius 1 is 1.43 bits per heavy atom. The van der Waals surface area contributed by atoms with Crippen molar-refractivity contribution in [3.63, 3.8) is 0 Å². The minimum absolute atomic E-state index is 0.0915. The van der Waals surface area contributed by atoms with Gasteiger partial charge in [0.2, 0.25) is 0 Å². The van der Waals surface area contributed by atoms with Gasteiger partial charge in [-0.25, -0.2) is 4.98 Å². The number of hydrogen-bond donors (Lipinski definition) is 1. The van der Waals surface area contributed by atoms with E-state index in [2.05, 4.69) is 20.0 Å². The maximum atomic E-state index is 5.91. The van der Waals surface area contributed by atoms with Crippen LogP contribution in [0.2, 0.25) is 0 Å². The molecular formula is C14H19N5O2. The highest BCUT2D eigenvalue weighted by atomic mass is 16.5. The molecule has 0 amide bonds. The average Bonchev–Trinajstić information content (AvgIpc) is 2.88. The van der Waals surface area contributed by atoms with E-state index >= 15 is 0 Å². The molecule has 0 aliphatic carbocycles. The number of nitrogen functional groups attached to an aromatic ring is 1. The maximum absolute atomic E-state index is 5.91. The average molecular weight is 289 g/mol. The molecule has 1 aliphatic rings. The molecule has 0 spiro atoms. The second-order valence-electron chi connectivity index (χ2n) is 5.36. The summed E-state index contributed by atoms with van der Waals surface area (Å²) in [7, 11) is 0. The summed E-state index contributed by atoms with van der Waals surface area (Å²) in [5, 5.41) is 3.83. The quantitative estimate of drug-likeness (QED) is 0.911. The van der Waals surface area contributed by atoms with Crippen LogP contribution in [-0.4, -0.2) is 39.2 Å². The van der Waals surface area contributed by atoms with E-state index in [1.165, 1.54) is 0 Å². The fraction of sp³-hybridized carbons (Fsp3) is 0.500. The minimum atomic E-state index is -0.201. The van der Waals surface area contributed by atoms with Crippen LogP contribution in [-0.2, 0) is 11.3 Å². The third kappa shape index (κ3) is 3.20. The standard InChI is InChI=1S/C14H19N5O2/c1-9-6-19(7-11-4-3-5-16-13(11)15)8-12(20-9)14-17-10(2)18-21-14/h3-5,9,12H,6-8H2,1-2H3,(H2,15,16)/t9-,12-/m1/s1. The van der Waals surface area contributed by atoms with E-state index in [0.29, 0.717) is 24.1 Å². The van der Waals surface area contributed by atoms with Crippen molar-refractivity contribution in [2.75, 3.05) is 18.8 Å². The lowest BCUT2D eigenvalue weighted by Crippen LogP contribution is -2.42. The number of pyridine rings is 1. The Morgan fingerprint density at radius 2 is 2.29 bits per heavy atom. The molecule has 7 nitrogen and oxygen atoms in total. The fourth-order valence-electron chi connectivity index (χ4n) is 2.57. The number of ether oxygens (including phenoxy) is 1. The van der Waals surface area contributed by atoms with Crippen LogP contribution >= 0.6 is 0 Å². The number of rotatable bonds is 3. The number of aryl methyl sites for hydroxylation is 1. The van der Waals surface area contributed by atoms with Gasteiger partial charge in [-0.1, -0.05) is 11.2 Å². The number of nitrogens with two attached hydrogens (primary N) is 1. The van der Waals surface area contributed by atoms with Crippen molar-refractivity contribution in [3.05, 3.63) is 35.6 Å². The molecule has 0 saturated carbocycles. The molecule has 21 heavy (non-hydrogen) atoms. The van der Waals surface area contributed by atoms with Crippen molar-refractivity contribution in [3.8, 4) is 0 Å². The Labute approximate surface area is 123 Å². The predicted octanol–water partition coefficient (Wildman–Crippen LogP) is 1.32. The third-order valence-electron chi connectivity index (χ3n) is 3.47. The molecular weight excluding hydrogens is 270 g/mol. The van der Waals surface area contributed by atoms with Crippen LogP contribution in [0.4, 0.5) is 5.82 Å². The van der Waals surface area contributed by atoms with E-state index in [1.807, 2.05) is 19.1 Å². The molecule has 3 rings (SSSR count). The monoisotopic (exact) mass is 289 g/mol. The molecule has 0 unspecified atom stereocenters. The van der Waals surface area contributed by atoms with Gasteiger partial charge in [0.15, 0.2) is 5.82 Å². The molecule has 0 bridgehead atoms. The van der Waals surface area contributed by atoms with Crippen molar-refractivity contribution in [2.45, 2.75) is 32.6 Å². The molecule has 0 radical (unpaired) electrons. The molecule has 2 aromatic rings. The van der Waals surface area contributed by atoms with Crippen LogP contribution in [0, 0.1) is 6.92 Å². The second kappa shape index (κ2) is 5.79. The summed E-state index contributed by atoms with van der Waals surface area (Å²) < 4.78 is 11.1. The topological polar surface area (TPSA) is 90.3 Å². The van der Waals surface area contributed by atoms with Gasteiger partial charge in [0.1, 0.15) is 11.9 Å². The van der Waals surface area contributed by atoms with Crippen LogP contribution in [0.3, 0.4) is 0 Å². The summed E-state index contributed by atoms with van der Waals surface area (Å²) in [6.07, 6.45) is 1.59. The van der Waals surface area contributed by atoms with E-state index in [4.69, 9.17) is 15.0 Å². The van der Waals surface area contributed by atoms with Gasteiger partial charge in [0.05, 0.1) is 6.10 Å². The van der Waals surface area contributed by atoms with Crippen LogP contribution < -0.4 is 5.73 Å². The van der Waals surface area contributed by atoms with E-state index in [-0.39, 0.29) is 12.2 Å². The molecule has 1 fully saturated rings. The highest BCUT2D eigenvalue weighted by molar-refractivity contribution is 5.38. The molecule has 112 valence electrons. The highest BCUT2D eigenvalue weighted by Crippen LogP contribution is 2.25. The smallest absolute Gasteiger partial charge is 0.257 e.